The number of imide groups is 1. The number of amides is 4. The Morgan fingerprint density at radius 1 is 1.04 bits per heavy atom. The number of benzene rings is 2. The summed E-state index contributed by atoms with van der Waals surface area (Å²) in [5.74, 6) is -0.651. The second-order valence-corrected chi connectivity index (χ2v) is 6.45. The van der Waals surface area contributed by atoms with Crippen LogP contribution >= 0.6 is 0 Å². The predicted octanol–water partition coefficient (Wildman–Crippen LogP) is 2.60. The number of fused-ring (bicyclic) bond motifs is 1. The van der Waals surface area contributed by atoms with Gasteiger partial charge in [0, 0.05) is 18.8 Å². The predicted molar refractivity (Wildman–Crippen MR) is 99.5 cm³/mol. The number of carbonyl (C=O) groups is 3. The smallest absolute Gasteiger partial charge is 0.322 e. The van der Waals surface area contributed by atoms with E-state index >= 15 is 0 Å². The monoisotopic (exact) mass is 363 g/mol. The van der Waals surface area contributed by atoms with Crippen molar-refractivity contribution in [1.29, 1.82) is 0 Å². The van der Waals surface area contributed by atoms with Gasteiger partial charge < -0.3 is 15.3 Å². The molecule has 2 aromatic rings. The number of aromatic hydroxyl groups is 1. The Balaban J connectivity index is 1.43. The summed E-state index contributed by atoms with van der Waals surface area (Å²) in [4.78, 5) is 37.5. The molecule has 2 aromatic carbocycles. The number of carbonyl (C=O) groups excluding carboxylic acids is 3. The third kappa shape index (κ3) is 3.27. The molecular weight excluding hydrogens is 346 g/mol. The van der Waals surface area contributed by atoms with Crippen LogP contribution in [0.3, 0.4) is 0 Å². The Kier molecular flexibility index (Phi) is 4.12. The lowest BCUT2D eigenvalue weighted by Gasteiger charge is -2.27. The molecule has 0 aromatic heterocycles. The van der Waals surface area contributed by atoms with Gasteiger partial charge in [-0.3, -0.25) is 14.9 Å². The van der Waals surface area contributed by atoms with Gasteiger partial charge >= 0.3 is 6.03 Å². The van der Waals surface area contributed by atoms with E-state index in [1.165, 1.54) is 12.1 Å². The molecule has 0 saturated carbocycles. The van der Waals surface area contributed by atoms with Crippen LogP contribution in [0.25, 0.3) is 5.57 Å². The van der Waals surface area contributed by atoms with Crippen LogP contribution < -0.4 is 10.6 Å². The first-order valence-corrected chi connectivity index (χ1v) is 8.55. The lowest BCUT2D eigenvalue weighted by atomic mass is 9.99. The fourth-order valence-electron chi connectivity index (χ4n) is 3.24. The Morgan fingerprint density at radius 2 is 1.78 bits per heavy atom. The highest BCUT2D eigenvalue weighted by Gasteiger charge is 2.27. The van der Waals surface area contributed by atoms with E-state index < -0.39 is 11.8 Å². The van der Waals surface area contributed by atoms with Crippen molar-refractivity contribution in [1.82, 2.24) is 10.2 Å². The van der Waals surface area contributed by atoms with Gasteiger partial charge in [-0.1, -0.05) is 18.2 Å². The Morgan fingerprint density at radius 3 is 2.48 bits per heavy atom. The summed E-state index contributed by atoms with van der Waals surface area (Å²) in [5.41, 5.74) is 3.22. The first-order valence-electron chi connectivity index (χ1n) is 8.55. The van der Waals surface area contributed by atoms with Crippen molar-refractivity contribution in [2.24, 2.45) is 0 Å². The van der Waals surface area contributed by atoms with Gasteiger partial charge in [0.25, 0.3) is 11.8 Å². The standard InChI is InChI=1S/C20H17N3O4/c24-15-4-1-12(2-5-15)13-7-9-23(10-8-13)20(27)21-14-3-6-16-17(11-14)19(26)22-18(16)25/h1-7,11,24H,8-10H2,(H,21,27)(H,22,25,26). The number of phenols is 1. The highest BCUT2D eigenvalue weighted by molar-refractivity contribution is 6.22. The molecule has 7 nitrogen and oxygen atoms in total. The van der Waals surface area contributed by atoms with Gasteiger partial charge in [0.2, 0.25) is 0 Å². The maximum Gasteiger partial charge on any atom is 0.322 e. The van der Waals surface area contributed by atoms with Crippen LogP contribution in [0.15, 0.2) is 48.5 Å². The molecule has 0 radical (unpaired) electrons. The summed E-state index contributed by atoms with van der Waals surface area (Å²) >= 11 is 0. The zero-order chi connectivity index (χ0) is 19.0. The second kappa shape index (κ2) is 6.60. The molecule has 4 amide bonds. The third-order valence-electron chi connectivity index (χ3n) is 4.72. The van der Waals surface area contributed by atoms with Crippen LogP contribution in [0.5, 0.6) is 5.75 Å². The minimum atomic E-state index is -0.453. The molecule has 2 heterocycles. The molecule has 0 aliphatic carbocycles. The van der Waals surface area contributed by atoms with Crippen LogP contribution in [0, 0.1) is 0 Å². The van der Waals surface area contributed by atoms with Gasteiger partial charge in [0.1, 0.15) is 5.75 Å². The van der Waals surface area contributed by atoms with Gasteiger partial charge in [-0.05, 0) is 47.9 Å². The lowest BCUT2D eigenvalue weighted by Crippen LogP contribution is -2.37. The molecule has 4 rings (SSSR count). The topological polar surface area (TPSA) is 98.7 Å². The molecular formula is C20H17N3O4. The van der Waals surface area contributed by atoms with Gasteiger partial charge in [0.05, 0.1) is 11.1 Å². The summed E-state index contributed by atoms with van der Waals surface area (Å²) in [6, 6.07) is 11.4. The first kappa shape index (κ1) is 16.8. The molecule has 0 bridgehead atoms. The molecule has 3 N–H and O–H groups in total. The largest absolute Gasteiger partial charge is 0.508 e. The van der Waals surface area contributed by atoms with E-state index in [1.807, 2.05) is 18.2 Å². The average molecular weight is 363 g/mol. The summed E-state index contributed by atoms with van der Waals surface area (Å²) in [5, 5.41) is 14.4. The summed E-state index contributed by atoms with van der Waals surface area (Å²) in [7, 11) is 0. The fraction of sp³-hybridized carbons (Fsp3) is 0.150. The minimum Gasteiger partial charge on any atom is -0.508 e. The van der Waals surface area contributed by atoms with Crippen molar-refractivity contribution in [2.75, 3.05) is 18.4 Å². The Hall–Kier alpha value is -3.61. The van der Waals surface area contributed by atoms with Crippen LogP contribution in [-0.2, 0) is 0 Å². The number of nitrogens with zero attached hydrogens (tertiary/aromatic N) is 1. The summed E-state index contributed by atoms with van der Waals surface area (Å²) in [6.07, 6.45) is 2.70. The molecule has 2 aliphatic heterocycles. The minimum absolute atomic E-state index is 0.223. The highest BCUT2D eigenvalue weighted by atomic mass is 16.3. The number of urea groups is 1. The van der Waals surface area contributed by atoms with E-state index in [2.05, 4.69) is 10.6 Å². The van der Waals surface area contributed by atoms with Crippen LogP contribution in [0.4, 0.5) is 10.5 Å². The number of nitrogens with one attached hydrogen (secondary N) is 2. The highest BCUT2D eigenvalue weighted by Crippen LogP contribution is 2.25. The first-order chi connectivity index (χ1) is 13.0. The Labute approximate surface area is 155 Å². The van der Waals surface area contributed by atoms with Gasteiger partial charge in [-0.2, -0.15) is 0 Å². The van der Waals surface area contributed by atoms with E-state index in [1.54, 1.807) is 23.1 Å². The van der Waals surface area contributed by atoms with Crippen LogP contribution in [-0.4, -0.2) is 40.9 Å². The summed E-state index contributed by atoms with van der Waals surface area (Å²) < 4.78 is 0. The molecule has 0 fully saturated rings. The molecule has 27 heavy (non-hydrogen) atoms. The van der Waals surface area contributed by atoms with E-state index in [-0.39, 0.29) is 17.3 Å². The second-order valence-electron chi connectivity index (χ2n) is 6.45. The van der Waals surface area contributed by atoms with Gasteiger partial charge in [-0.15, -0.1) is 0 Å². The molecule has 136 valence electrons. The van der Waals surface area contributed by atoms with Crippen molar-refractivity contribution in [2.45, 2.75) is 6.42 Å². The molecule has 0 spiro atoms. The number of anilines is 1. The lowest BCUT2D eigenvalue weighted by molar-refractivity contribution is 0.0879. The Bertz CT molecular complexity index is 979. The van der Waals surface area contributed by atoms with Crippen LogP contribution in [0.2, 0.25) is 0 Å². The maximum atomic E-state index is 12.5. The number of phenolic OH excluding ortho intramolecular Hbond substituents is 1. The molecule has 2 aliphatic rings. The number of hydrogen-bond acceptors (Lipinski definition) is 4. The number of hydrogen-bond donors (Lipinski definition) is 3. The van der Waals surface area contributed by atoms with Crippen molar-refractivity contribution < 1.29 is 19.5 Å². The molecule has 0 unspecified atom stereocenters. The van der Waals surface area contributed by atoms with Gasteiger partial charge in [-0.25, -0.2) is 4.79 Å². The average Bonchev–Trinajstić information content (AvgIpc) is 2.96. The fourth-order valence-corrected chi connectivity index (χ4v) is 3.24. The zero-order valence-corrected chi connectivity index (χ0v) is 14.4. The quantitative estimate of drug-likeness (QED) is 0.714. The molecule has 7 heteroatoms. The van der Waals surface area contributed by atoms with E-state index in [4.69, 9.17) is 0 Å². The third-order valence-corrected chi connectivity index (χ3v) is 4.72. The van der Waals surface area contributed by atoms with Gasteiger partial charge in [0.15, 0.2) is 0 Å². The van der Waals surface area contributed by atoms with Crippen molar-refractivity contribution >= 4 is 29.1 Å². The van der Waals surface area contributed by atoms with E-state index in [0.717, 1.165) is 11.1 Å². The molecule has 0 atom stereocenters. The SMILES string of the molecule is O=C1NC(=O)c2cc(NC(=O)N3CC=C(c4ccc(O)cc4)CC3)ccc21. The van der Waals surface area contributed by atoms with Crippen molar-refractivity contribution in [3.05, 3.63) is 65.2 Å². The number of rotatable bonds is 2. The van der Waals surface area contributed by atoms with Crippen LogP contribution in [0.1, 0.15) is 32.7 Å². The normalized spacial score (nSPS) is 15.9. The zero-order valence-electron chi connectivity index (χ0n) is 14.4. The summed E-state index contributed by atoms with van der Waals surface area (Å²) in [6.45, 7) is 1.02. The van der Waals surface area contributed by atoms with Crippen molar-refractivity contribution in [3.8, 4) is 5.75 Å². The van der Waals surface area contributed by atoms with Crippen molar-refractivity contribution in [3.63, 3.8) is 0 Å². The maximum absolute atomic E-state index is 12.5. The van der Waals surface area contributed by atoms with E-state index in [9.17, 15) is 19.5 Å². The van der Waals surface area contributed by atoms with E-state index in [0.29, 0.717) is 30.8 Å². The molecule has 0 saturated heterocycles.